The Kier molecular flexibility index (Phi) is 3.98. The van der Waals surface area contributed by atoms with Crippen molar-refractivity contribution >= 4 is 11.6 Å². The Morgan fingerprint density at radius 3 is 2.27 bits per heavy atom. The van der Waals surface area contributed by atoms with Crippen LogP contribution in [0.2, 0.25) is 0 Å². The molecule has 0 spiro atoms. The van der Waals surface area contributed by atoms with E-state index in [0.29, 0.717) is 5.69 Å². The molecule has 0 saturated carbocycles. The molecule has 22 heavy (non-hydrogen) atoms. The minimum Gasteiger partial charge on any atom is -0.346 e. The van der Waals surface area contributed by atoms with E-state index in [1.165, 1.54) is 4.68 Å². The summed E-state index contributed by atoms with van der Waals surface area (Å²) in [6.45, 7) is 5.55. The van der Waals surface area contributed by atoms with Crippen LogP contribution in [0.3, 0.4) is 0 Å². The Hall–Kier alpha value is -2.71. The van der Waals surface area contributed by atoms with Crippen LogP contribution < -0.4 is 5.32 Å². The van der Waals surface area contributed by atoms with Crippen LogP contribution >= 0.6 is 0 Å². The van der Waals surface area contributed by atoms with Crippen LogP contribution in [0.4, 0.5) is 5.69 Å². The van der Waals surface area contributed by atoms with Gasteiger partial charge in [-0.05, 0) is 20.8 Å². The van der Waals surface area contributed by atoms with Crippen molar-refractivity contribution in [2.45, 2.75) is 27.3 Å². The second-order valence-electron chi connectivity index (χ2n) is 5.12. The molecular weight excluding hydrogens is 288 g/mol. The first-order chi connectivity index (χ1) is 10.2. The van der Waals surface area contributed by atoms with E-state index in [4.69, 9.17) is 0 Å². The van der Waals surface area contributed by atoms with Gasteiger partial charge in [0.15, 0.2) is 0 Å². The molecule has 0 unspecified atom stereocenters. The molecule has 0 aliphatic rings. The van der Waals surface area contributed by atoms with Crippen molar-refractivity contribution in [1.82, 2.24) is 24.9 Å². The molecule has 118 valence electrons. The first-order valence-electron chi connectivity index (χ1n) is 6.69. The van der Waals surface area contributed by atoms with Crippen molar-refractivity contribution in [3.05, 3.63) is 38.5 Å². The lowest BCUT2D eigenvalue weighted by molar-refractivity contribution is -0.385. The molecule has 2 heterocycles. The maximum atomic E-state index is 12.2. The van der Waals surface area contributed by atoms with Crippen molar-refractivity contribution in [2.24, 2.45) is 14.1 Å². The van der Waals surface area contributed by atoms with Crippen LogP contribution in [-0.2, 0) is 20.6 Å². The summed E-state index contributed by atoms with van der Waals surface area (Å²) in [5, 5.41) is 22.0. The number of carbonyl (C=O) groups is 1. The molecule has 0 atom stereocenters. The number of amides is 1. The number of carbonyl (C=O) groups excluding carboxylic acids is 1. The molecule has 2 rings (SSSR count). The predicted octanol–water partition coefficient (Wildman–Crippen LogP) is 0.917. The molecule has 0 saturated heterocycles. The lowest BCUT2D eigenvalue weighted by Gasteiger charge is -2.04. The molecule has 0 aliphatic heterocycles. The van der Waals surface area contributed by atoms with Crippen LogP contribution in [0.5, 0.6) is 0 Å². The molecule has 0 bridgehead atoms. The molecule has 0 aliphatic carbocycles. The first kappa shape index (κ1) is 15.7. The Balaban J connectivity index is 2.24. The predicted molar refractivity (Wildman–Crippen MR) is 78.5 cm³/mol. The molecule has 1 N–H and O–H groups in total. The summed E-state index contributed by atoms with van der Waals surface area (Å²) in [6, 6.07) is 0. The maximum Gasteiger partial charge on any atom is 0.322 e. The summed E-state index contributed by atoms with van der Waals surface area (Å²) in [5.74, 6) is -0.571. The topological polar surface area (TPSA) is 108 Å². The minimum absolute atomic E-state index is 0.177. The van der Waals surface area contributed by atoms with E-state index >= 15 is 0 Å². The van der Waals surface area contributed by atoms with Gasteiger partial charge < -0.3 is 5.32 Å². The molecule has 1 amide bonds. The van der Waals surface area contributed by atoms with E-state index < -0.39 is 10.8 Å². The minimum atomic E-state index is -0.585. The van der Waals surface area contributed by atoms with Crippen LogP contribution in [0.15, 0.2) is 0 Å². The summed E-state index contributed by atoms with van der Waals surface area (Å²) in [6.07, 6.45) is 0. The lowest BCUT2D eigenvalue weighted by atomic mass is 10.2. The molecule has 9 heteroatoms. The number of aromatic nitrogens is 4. The van der Waals surface area contributed by atoms with Gasteiger partial charge >= 0.3 is 5.69 Å². The average Bonchev–Trinajstić information content (AvgIpc) is 2.86. The third kappa shape index (κ3) is 2.57. The van der Waals surface area contributed by atoms with Crippen LogP contribution in [0, 0.1) is 30.9 Å². The number of hydrogen-bond donors (Lipinski definition) is 1. The number of hydrogen-bond acceptors (Lipinski definition) is 5. The van der Waals surface area contributed by atoms with E-state index in [2.05, 4.69) is 15.5 Å². The third-order valence-corrected chi connectivity index (χ3v) is 3.78. The van der Waals surface area contributed by atoms with E-state index in [1.54, 1.807) is 18.7 Å². The Morgan fingerprint density at radius 2 is 1.77 bits per heavy atom. The third-order valence-electron chi connectivity index (χ3n) is 3.78. The zero-order valence-electron chi connectivity index (χ0n) is 13.2. The van der Waals surface area contributed by atoms with E-state index in [0.717, 1.165) is 17.0 Å². The van der Waals surface area contributed by atoms with Gasteiger partial charge in [-0.25, -0.2) is 0 Å². The SMILES string of the molecule is Cc1nn(C)c(C)c1CNC(=O)c1nn(C)c(C)c1[N+](=O)[O-]. The molecular formula is C13H18N6O3. The lowest BCUT2D eigenvalue weighted by Crippen LogP contribution is -2.24. The van der Waals surface area contributed by atoms with E-state index in [-0.39, 0.29) is 17.9 Å². The summed E-state index contributed by atoms with van der Waals surface area (Å²) >= 11 is 0. The van der Waals surface area contributed by atoms with Crippen molar-refractivity contribution in [2.75, 3.05) is 0 Å². The summed E-state index contributed by atoms with van der Waals surface area (Å²) in [4.78, 5) is 22.7. The number of rotatable bonds is 4. The van der Waals surface area contributed by atoms with Crippen molar-refractivity contribution < 1.29 is 9.72 Å². The van der Waals surface area contributed by atoms with Gasteiger partial charge in [-0.3, -0.25) is 24.3 Å². The molecule has 2 aromatic heterocycles. The smallest absolute Gasteiger partial charge is 0.322 e. The number of nitrogens with zero attached hydrogens (tertiary/aromatic N) is 5. The van der Waals surface area contributed by atoms with Gasteiger partial charge in [0, 0.05) is 31.9 Å². The highest BCUT2D eigenvalue weighted by Crippen LogP contribution is 2.22. The highest BCUT2D eigenvalue weighted by atomic mass is 16.6. The quantitative estimate of drug-likeness (QED) is 0.667. The molecule has 2 aromatic rings. The number of nitro groups is 1. The zero-order valence-corrected chi connectivity index (χ0v) is 13.2. The monoisotopic (exact) mass is 306 g/mol. The second kappa shape index (κ2) is 5.58. The van der Waals surface area contributed by atoms with Crippen molar-refractivity contribution in [3.63, 3.8) is 0 Å². The standard InChI is InChI=1S/C13H18N6O3/c1-7-10(8(2)17(4)15-7)6-14-13(20)11-12(19(21)22)9(3)18(5)16-11/h6H2,1-5H3,(H,14,20). The number of nitrogens with one attached hydrogen (secondary N) is 1. The summed E-state index contributed by atoms with van der Waals surface area (Å²) < 4.78 is 3.05. The molecule has 0 fully saturated rings. The maximum absolute atomic E-state index is 12.2. The normalized spacial score (nSPS) is 10.8. The van der Waals surface area contributed by atoms with Crippen molar-refractivity contribution in [3.8, 4) is 0 Å². The average molecular weight is 306 g/mol. The van der Waals surface area contributed by atoms with Gasteiger partial charge in [0.05, 0.1) is 10.6 Å². The Bertz CT molecular complexity index is 758. The molecule has 0 radical (unpaired) electrons. The van der Waals surface area contributed by atoms with Crippen LogP contribution in [0.25, 0.3) is 0 Å². The number of aryl methyl sites for hydroxylation is 3. The summed E-state index contributed by atoms with van der Waals surface area (Å²) in [7, 11) is 3.38. The highest BCUT2D eigenvalue weighted by molar-refractivity contribution is 5.96. The van der Waals surface area contributed by atoms with Gasteiger partial charge in [0.1, 0.15) is 5.69 Å². The van der Waals surface area contributed by atoms with Crippen molar-refractivity contribution in [1.29, 1.82) is 0 Å². The highest BCUT2D eigenvalue weighted by Gasteiger charge is 2.28. The van der Waals surface area contributed by atoms with Crippen LogP contribution in [0.1, 0.15) is 33.1 Å². The second-order valence-corrected chi connectivity index (χ2v) is 5.12. The Labute approximate surface area is 127 Å². The fourth-order valence-corrected chi connectivity index (χ4v) is 2.29. The fraction of sp³-hybridized carbons (Fsp3) is 0.462. The zero-order chi connectivity index (χ0) is 16.6. The van der Waals surface area contributed by atoms with Gasteiger partial charge in [0.2, 0.25) is 5.69 Å². The van der Waals surface area contributed by atoms with E-state index in [1.807, 2.05) is 20.9 Å². The van der Waals surface area contributed by atoms with Gasteiger partial charge in [-0.15, -0.1) is 0 Å². The summed E-state index contributed by atoms with van der Waals surface area (Å²) in [5.41, 5.74) is 2.54. The largest absolute Gasteiger partial charge is 0.346 e. The first-order valence-corrected chi connectivity index (χ1v) is 6.69. The molecule has 0 aromatic carbocycles. The van der Waals surface area contributed by atoms with E-state index in [9.17, 15) is 14.9 Å². The van der Waals surface area contributed by atoms with Crippen LogP contribution in [-0.4, -0.2) is 30.4 Å². The van der Waals surface area contributed by atoms with Gasteiger partial charge in [-0.2, -0.15) is 10.2 Å². The Morgan fingerprint density at radius 1 is 1.18 bits per heavy atom. The fourth-order valence-electron chi connectivity index (χ4n) is 2.29. The van der Waals surface area contributed by atoms with Gasteiger partial charge in [0.25, 0.3) is 5.91 Å². The molecule has 9 nitrogen and oxygen atoms in total. The van der Waals surface area contributed by atoms with Gasteiger partial charge in [-0.1, -0.05) is 0 Å².